The van der Waals surface area contributed by atoms with Crippen LogP contribution in [0.25, 0.3) is 287 Å². The van der Waals surface area contributed by atoms with Gasteiger partial charge in [0.05, 0.1) is 128 Å². The Hall–Kier alpha value is -19.4. The topological polar surface area (TPSA) is 168 Å². The summed E-state index contributed by atoms with van der Waals surface area (Å²) in [6.45, 7) is 0. The van der Waals surface area contributed by atoms with Gasteiger partial charge in [0.1, 0.15) is 0 Å². The van der Waals surface area contributed by atoms with Crippen molar-refractivity contribution in [3.8, 4) is 112 Å². The predicted octanol–water partition coefficient (Wildman–Crippen LogP) is 32.3. The van der Waals surface area contributed by atoms with Crippen LogP contribution in [0.5, 0.6) is 0 Å². The molecule has 0 unspecified atom stereocenters. The van der Waals surface area contributed by atoms with E-state index in [0.29, 0.717) is 0 Å². The van der Waals surface area contributed by atoms with E-state index >= 15 is 0 Å². The highest BCUT2D eigenvalue weighted by Crippen LogP contribution is 2.45. The molecule has 658 valence electrons. The summed E-state index contributed by atoms with van der Waals surface area (Å²) in [6.07, 6.45) is 5.58. The van der Waals surface area contributed by atoms with E-state index in [2.05, 4.69) is 351 Å². The largest absolute Gasteiger partial charge is 0.256 e. The Morgan fingerprint density at radius 2 is 0.366 bits per heavy atom. The SMILES string of the molecule is c1ccc(-c2ccc3ccc4ccc(-c5ccc(-c6c7ccccc7nc7c6ccc6ccc(-c8ccccc8)nc67)cc5)nc4c3n2)cc1.c1ccc(-c2ccc3ccc4ccc(-c5ccc(-c6c7ccccc7nc7c6ccc6cccnc67)nc5)nc4c3n2)cc1.c1ccc(-c2ccc3ccc4ccc(-c5ccc6cc(-c7c8ccccc8nc8c7ccc7cccnc78)ccc6c5)nc4c3n2)cc1. The molecule has 13 heterocycles. The zero-order chi connectivity index (χ0) is 93.7. The number of benzene rings is 16. The molecular formula is C129H77N13. The van der Waals surface area contributed by atoms with Crippen LogP contribution in [0.1, 0.15) is 0 Å². The first kappa shape index (κ1) is 82.1. The maximum Gasteiger partial charge on any atom is 0.0979 e. The van der Waals surface area contributed by atoms with Crippen LogP contribution in [0.2, 0.25) is 0 Å². The van der Waals surface area contributed by atoms with E-state index in [0.717, 1.165) is 276 Å². The number of rotatable bonds is 10. The predicted molar refractivity (Wildman–Crippen MR) is 585 cm³/mol. The molecule has 0 fully saturated rings. The Morgan fingerprint density at radius 3 is 0.739 bits per heavy atom. The molecule has 29 rings (SSSR count). The molecule has 142 heavy (non-hydrogen) atoms. The second-order valence-electron chi connectivity index (χ2n) is 35.9. The molecule has 29 aromatic rings. The zero-order valence-corrected chi connectivity index (χ0v) is 76.3. The van der Waals surface area contributed by atoms with Gasteiger partial charge in [0.15, 0.2) is 0 Å². The molecule has 0 radical (unpaired) electrons. The minimum absolute atomic E-state index is 0.857. The maximum absolute atomic E-state index is 5.20. The lowest BCUT2D eigenvalue weighted by molar-refractivity contribution is 1.30. The molecule has 13 aromatic heterocycles. The van der Waals surface area contributed by atoms with Crippen molar-refractivity contribution >= 4 is 174 Å². The third kappa shape index (κ3) is 14.7. The van der Waals surface area contributed by atoms with Crippen LogP contribution < -0.4 is 0 Å². The molecule has 0 aliphatic heterocycles. The average Bonchev–Trinajstić information content (AvgIpc) is 0.742. The van der Waals surface area contributed by atoms with Gasteiger partial charge in [-0.05, 0) is 119 Å². The third-order valence-corrected chi connectivity index (χ3v) is 27.4. The second kappa shape index (κ2) is 34.5. The Bertz CT molecular complexity index is 10200. The Kier molecular flexibility index (Phi) is 19.9. The minimum atomic E-state index is 0.857. The van der Waals surface area contributed by atoms with Crippen molar-refractivity contribution in [2.75, 3.05) is 0 Å². The monoisotopic (exact) mass is 1810 g/mol. The van der Waals surface area contributed by atoms with Crippen LogP contribution in [0, 0.1) is 0 Å². The van der Waals surface area contributed by atoms with E-state index in [1.807, 2.05) is 122 Å². The van der Waals surface area contributed by atoms with Gasteiger partial charge in [0, 0.05) is 155 Å². The van der Waals surface area contributed by atoms with Gasteiger partial charge < -0.3 is 0 Å². The Labute approximate surface area is 813 Å². The van der Waals surface area contributed by atoms with E-state index in [9.17, 15) is 0 Å². The lowest BCUT2D eigenvalue weighted by Crippen LogP contribution is -1.94. The lowest BCUT2D eigenvalue weighted by Gasteiger charge is -2.14. The van der Waals surface area contributed by atoms with Crippen LogP contribution in [-0.4, -0.2) is 64.8 Å². The molecule has 0 saturated carbocycles. The van der Waals surface area contributed by atoms with Gasteiger partial charge in [-0.25, -0.2) is 49.8 Å². The van der Waals surface area contributed by atoms with Crippen LogP contribution in [0.15, 0.2) is 468 Å². The number of pyridine rings is 13. The molecule has 0 saturated heterocycles. The van der Waals surface area contributed by atoms with Gasteiger partial charge in [0.25, 0.3) is 0 Å². The molecule has 13 nitrogen and oxygen atoms in total. The van der Waals surface area contributed by atoms with E-state index < -0.39 is 0 Å². The molecule has 0 spiro atoms. The standard InChI is InChI=1S/C46H28N4.C44H26N4.C39H23N5/c1-3-9-29(10-4-1)38-26-22-33-19-20-34-23-28-40(48-44(34)43(33)47-38)31-15-17-32(18-16-31)42-36-13-7-8-14-41(36)50-46-37(42)25-21-35-24-27-39(49-45(35)46)30-11-5-2-6-12-30;1-2-7-27(8-3-1)37-22-19-29-12-13-30-20-23-38(47-43(30)42(29)46-37)33-16-14-32-26-34(17-15-31(32)25-33)40-35-10-4-5-11-39(35)48-44-36(40)21-18-28-9-6-24-45-41(28)44;1-2-7-24(8-3-1)31-19-15-26-12-13-27-16-20-32(43-38(27)37(26)42-31)28-17-21-34(41-23-28)35-29-10-4-5-11-33(29)44-39-30(35)18-14-25-9-6-22-40-36(25)39/h1-28H;1-26H;1-23H. The van der Waals surface area contributed by atoms with E-state index in [1.165, 1.54) is 10.9 Å². The van der Waals surface area contributed by atoms with Gasteiger partial charge in [0.2, 0.25) is 0 Å². The van der Waals surface area contributed by atoms with Crippen molar-refractivity contribution in [3.63, 3.8) is 0 Å². The summed E-state index contributed by atoms with van der Waals surface area (Å²) in [4.78, 5) is 65.6. The maximum atomic E-state index is 5.20. The minimum Gasteiger partial charge on any atom is -0.256 e. The van der Waals surface area contributed by atoms with Gasteiger partial charge in [-0.15, -0.1) is 0 Å². The number of para-hydroxylation sites is 3. The summed E-state index contributed by atoms with van der Waals surface area (Å²) in [7, 11) is 0. The average molecular weight is 1810 g/mol. The third-order valence-electron chi connectivity index (χ3n) is 27.4. The second-order valence-corrected chi connectivity index (χ2v) is 35.9. The Balaban J connectivity index is 0.000000107. The van der Waals surface area contributed by atoms with E-state index in [-0.39, 0.29) is 0 Å². The molecule has 13 heteroatoms. The molecule has 16 aromatic carbocycles. The van der Waals surface area contributed by atoms with Crippen molar-refractivity contribution in [3.05, 3.63) is 468 Å². The summed E-state index contributed by atoms with van der Waals surface area (Å²) in [6, 6.07) is 156. The number of hydrogen-bond acceptors (Lipinski definition) is 13. The van der Waals surface area contributed by atoms with Crippen LogP contribution >= 0.6 is 0 Å². The highest BCUT2D eigenvalue weighted by Gasteiger charge is 2.23. The normalized spacial score (nSPS) is 11.7. The summed E-state index contributed by atoms with van der Waals surface area (Å²) in [5.41, 5.74) is 34.1. The van der Waals surface area contributed by atoms with Gasteiger partial charge in [-0.1, -0.05) is 352 Å². The molecular weight excluding hydrogens is 1730 g/mol. The van der Waals surface area contributed by atoms with Gasteiger partial charge in [-0.2, -0.15) is 0 Å². The summed E-state index contributed by atoms with van der Waals surface area (Å²) in [5.74, 6) is 0. The number of fused-ring (bicyclic) bond motifs is 22. The highest BCUT2D eigenvalue weighted by molar-refractivity contribution is 6.20. The van der Waals surface area contributed by atoms with Crippen LogP contribution in [0.4, 0.5) is 0 Å². The first-order valence-corrected chi connectivity index (χ1v) is 47.5. The molecule has 0 amide bonds. The highest BCUT2D eigenvalue weighted by atomic mass is 14.8. The van der Waals surface area contributed by atoms with Crippen molar-refractivity contribution in [2.45, 2.75) is 0 Å². The summed E-state index contributed by atoms with van der Waals surface area (Å²) >= 11 is 0. The summed E-state index contributed by atoms with van der Waals surface area (Å²) in [5, 5.41) is 18.5. The lowest BCUT2D eigenvalue weighted by atomic mass is 9.93. The zero-order valence-electron chi connectivity index (χ0n) is 76.3. The quantitative estimate of drug-likeness (QED) is 0.0938. The molecule has 0 atom stereocenters. The first-order valence-electron chi connectivity index (χ1n) is 47.5. The van der Waals surface area contributed by atoms with E-state index in [4.69, 9.17) is 59.8 Å². The van der Waals surface area contributed by atoms with Crippen LogP contribution in [0.3, 0.4) is 0 Å². The smallest absolute Gasteiger partial charge is 0.0979 e. The molecule has 0 aliphatic rings. The summed E-state index contributed by atoms with van der Waals surface area (Å²) < 4.78 is 0. The van der Waals surface area contributed by atoms with Crippen molar-refractivity contribution < 1.29 is 0 Å². The van der Waals surface area contributed by atoms with Gasteiger partial charge >= 0.3 is 0 Å². The number of nitrogens with zero attached hydrogens (tertiary/aromatic N) is 13. The van der Waals surface area contributed by atoms with Crippen LogP contribution in [-0.2, 0) is 0 Å². The van der Waals surface area contributed by atoms with Gasteiger partial charge in [-0.3, -0.25) is 15.0 Å². The molecule has 0 aliphatic carbocycles. The van der Waals surface area contributed by atoms with Crippen molar-refractivity contribution in [1.82, 2.24) is 64.8 Å². The van der Waals surface area contributed by atoms with Crippen molar-refractivity contribution in [2.24, 2.45) is 0 Å². The molecule has 0 N–H and O–H groups in total. The number of aromatic nitrogens is 13. The fourth-order valence-corrected chi connectivity index (χ4v) is 20.3. The number of hydrogen-bond donors (Lipinski definition) is 0. The van der Waals surface area contributed by atoms with Crippen molar-refractivity contribution in [1.29, 1.82) is 0 Å². The fourth-order valence-electron chi connectivity index (χ4n) is 20.3. The Morgan fingerprint density at radius 1 is 0.120 bits per heavy atom. The fraction of sp³-hybridized carbons (Fsp3) is 0. The van der Waals surface area contributed by atoms with E-state index in [1.54, 1.807) is 0 Å². The molecule has 0 bridgehead atoms. The first-order chi connectivity index (χ1) is 70.3.